The fourth-order valence-corrected chi connectivity index (χ4v) is 17.7. The van der Waals surface area contributed by atoms with E-state index in [2.05, 4.69) is 122 Å². The first-order chi connectivity index (χ1) is 33.2. The van der Waals surface area contributed by atoms with Crippen molar-refractivity contribution in [3.8, 4) is 22.3 Å². The zero-order chi connectivity index (χ0) is 45.8. The van der Waals surface area contributed by atoms with Gasteiger partial charge in [0, 0.05) is 0 Å². The first kappa shape index (κ1) is 51.3. The van der Waals surface area contributed by atoms with Gasteiger partial charge in [-0.1, -0.05) is 136 Å². The van der Waals surface area contributed by atoms with Gasteiger partial charge in [-0.15, -0.1) is 69.1 Å². The van der Waals surface area contributed by atoms with Gasteiger partial charge in [-0.3, -0.25) is 0 Å². The largest absolute Gasteiger partial charge is 1.00 e. The number of rotatable bonds is 8. The van der Waals surface area contributed by atoms with E-state index < -0.39 is 0 Å². The summed E-state index contributed by atoms with van der Waals surface area (Å²) in [6.45, 7) is 4.62. The van der Waals surface area contributed by atoms with Crippen LogP contribution >= 0.6 is 0 Å². The molecule has 0 radical (unpaired) electrons. The molecule has 70 heavy (non-hydrogen) atoms. The van der Waals surface area contributed by atoms with Crippen LogP contribution in [0.1, 0.15) is 164 Å². The van der Waals surface area contributed by atoms with Gasteiger partial charge in [0.1, 0.15) is 0 Å². The van der Waals surface area contributed by atoms with Crippen LogP contribution in [-0.4, -0.2) is 5.43 Å². The zero-order valence-corrected chi connectivity index (χ0v) is 47.7. The SMILES string of the molecule is C[Si](C)=[Zr+2].[Cl-].[Cl-].c1cc(-c2ccc(C34CC5CC(CC(C5)C3)C4)cc2)c2cc(CC3CCCCC3)[cH-]c2c1.c1cc(-c2ccc(C34CC5CC(CC(C5)C3)C4)cc2)c2cc(CC3CCCCC3)[cH-]c2c1. The van der Waals surface area contributed by atoms with E-state index in [0.29, 0.717) is 10.8 Å². The average Bonchev–Trinajstić information content (AvgIpc) is 3.95. The minimum atomic E-state index is 0. The molecule has 0 saturated heterocycles. The average molecular weight is 1060 g/mol. The summed E-state index contributed by atoms with van der Waals surface area (Å²) in [4.78, 5) is 0. The Morgan fingerprint density at radius 1 is 0.457 bits per heavy atom. The Morgan fingerprint density at radius 2 is 0.771 bits per heavy atom. The minimum Gasteiger partial charge on any atom is -1.00 e. The monoisotopic (exact) mass is 1060 g/mol. The number of benzene rings is 4. The second-order valence-corrected chi connectivity index (χ2v) is 34.7. The summed E-state index contributed by atoms with van der Waals surface area (Å²) in [6, 6.07) is 43.6. The van der Waals surface area contributed by atoms with E-state index in [4.69, 9.17) is 0 Å². The van der Waals surface area contributed by atoms with Crippen LogP contribution in [0, 0.1) is 47.3 Å². The van der Waals surface area contributed by atoms with Crippen molar-refractivity contribution in [2.75, 3.05) is 0 Å². The van der Waals surface area contributed by atoms with E-state index in [1.807, 2.05) is 0 Å². The summed E-state index contributed by atoms with van der Waals surface area (Å²) in [6.07, 6.45) is 34.8. The number of fused-ring (bicyclic) bond motifs is 2. The summed E-state index contributed by atoms with van der Waals surface area (Å²) in [7, 11) is 0. The standard InChI is InChI=1S/2C32H37.C2H6Si.2ClH.Zr/c2*1-2-5-22(6-3-1)13-23-17-28-7-4-8-30(31(28)18-23)27-9-11-29(12-10-27)32-19-24-14-25(20-32)16-26(15-24)21-32;1-3-2;;;/h2*4,7-12,17-18,22,24-26H,1-3,5-6,13-16,19-21H2;1-2H3;2*1H;/q2*-1;;;;+2/p-2. The molecule has 0 spiro atoms. The molecule has 10 saturated carbocycles. The molecule has 10 aliphatic rings. The predicted octanol–water partition coefficient (Wildman–Crippen LogP) is 12.4. The molecule has 4 heteroatoms. The first-order valence-electron chi connectivity index (χ1n) is 28.3. The molecule has 0 nitrogen and oxygen atoms in total. The van der Waals surface area contributed by atoms with Crippen LogP contribution in [0.2, 0.25) is 13.1 Å². The van der Waals surface area contributed by atoms with Crippen molar-refractivity contribution in [1.29, 1.82) is 0 Å². The van der Waals surface area contributed by atoms with Crippen molar-refractivity contribution >= 4 is 27.0 Å². The maximum absolute atomic E-state index is 2.51. The maximum Gasteiger partial charge on any atom is -0.00391 e. The summed E-state index contributed by atoms with van der Waals surface area (Å²) >= 11 is 1.74. The smallest absolute Gasteiger partial charge is 0.00391 e. The Bertz CT molecular complexity index is 2450. The topological polar surface area (TPSA) is 0 Å². The van der Waals surface area contributed by atoms with Gasteiger partial charge >= 0.3 is 41.9 Å². The third kappa shape index (κ3) is 10.8. The molecule has 6 aromatic carbocycles. The van der Waals surface area contributed by atoms with Gasteiger partial charge < -0.3 is 24.8 Å². The third-order valence-corrected chi connectivity index (χ3v) is 19.8. The Hall–Kier alpha value is -2.22. The molecule has 0 aromatic heterocycles. The Morgan fingerprint density at radius 3 is 1.09 bits per heavy atom. The van der Waals surface area contributed by atoms with E-state index in [1.54, 1.807) is 45.6 Å². The minimum absolute atomic E-state index is 0. The first-order valence-corrected chi connectivity index (χ1v) is 34.5. The van der Waals surface area contributed by atoms with E-state index in [1.165, 1.54) is 198 Å². The molecular weight excluding hydrogens is 983 g/mol. The van der Waals surface area contributed by atoms with Crippen molar-refractivity contribution in [1.82, 2.24) is 0 Å². The van der Waals surface area contributed by atoms with Crippen LogP contribution in [0.3, 0.4) is 0 Å². The van der Waals surface area contributed by atoms with E-state index in [-0.39, 0.29) is 30.2 Å². The Kier molecular flexibility index (Phi) is 16.1. The number of hydrogen-bond donors (Lipinski definition) is 0. The van der Waals surface area contributed by atoms with Gasteiger partial charge in [-0.2, -0.15) is 12.1 Å². The summed E-state index contributed by atoms with van der Waals surface area (Å²) < 4.78 is 0. The zero-order valence-electron chi connectivity index (χ0n) is 42.7. The van der Waals surface area contributed by atoms with Gasteiger partial charge in [-0.25, -0.2) is 0 Å². The van der Waals surface area contributed by atoms with Crippen LogP contribution in [-0.2, 0) is 47.0 Å². The van der Waals surface area contributed by atoms with Crippen LogP contribution < -0.4 is 24.8 Å². The molecule has 0 atom stereocenters. The van der Waals surface area contributed by atoms with Crippen molar-refractivity contribution < 1.29 is 48.1 Å². The van der Waals surface area contributed by atoms with Gasteiger partial charge in [0.05, 0.1) is 0 Å². The molecule has 8 bridgehead atoms. The molecule has 0 unspecified atom stereocenters. The van der Waals surface area contributed by atoms with Crippen molar-refractivity contribution in [3.05, 3.63) is 131 Å². The second-order valence-electron chi connectivity index (χ2n) is 25.3. The molecule has 10 fully saturated rings. The molecule has 16 rings (SSSR count). The molecule has 6 aromatic rings. The van der Waals surface area contributed by atoms with E-state index in [9.17, 15) is 0 Å². The second kappa shape index (κ2) is 21.9. The molecular formula is C66H80Cl2SiZr-2. The normalized spacial score (nSPS) is 29.7. The van der Waals surface area contributed by atoms with Gasteiger partial charge in [0.15, 0.2) is 0 Å². The fraction of sp³-hybridized carbons (Fsp3) is 0.545. The predicted molar refractivity (Wildman–Crippen MR) is 288 cm³/mol. The van der Waals surface area contributed by atoms with Crippen LogP contribution in [0.4, 0.5) is 0 Å². The van der Waals surface area contributed by atoms with Gasteiger partial charge in [-0.05, 0) is 170 Å². The van der Waals surface area contributed by atoms with Gasteiger partial charge in [0.25, 0.3) is 0 Å². The van der Waals surface area contributed by atoms with E-state index >= 15 is 0 Å². The summed E-state index contributed by atoms with van der Waals surface area (Å²) in [5.41, 5.74) is 13.3. The fourth-order valence-electron chi connectivity index (χ4n) is 17.7. The number of halogens is 2. The van der Waals surface area contributed by atoms with Crippen molar-refractivity contribution in [2.45, 2.75) is 178 Å². The van der Waals surface area contributed by atoms with Crippen molar-refractivity contribution in [3.63, 3.8) is 0 Å². The molecule has 0 heterocycles. The molecule has 0 N–H and O–H groups in total. The van der Waals surface area contributed by atoms with E-state index in [0.717, 1.165) is 47.3 Å². The quantitative estimate of drug-likeness (QED) is 0.105. The number of hydrogen-bond acceptors (Lipinski definition) is 0. The maximum atomic E-state index is 2.51. The van der Waals surface area contributed by atoms with Crippen LogP contribution in [0.25, 0.3) is 43.8 Å². The van der Waals surface area contributed by atoms with Crippen molar-refractivity contribution in [2.24, 2.45) is 47.3 Å². The summed E-state index contributed by atoms with van der Waals surface area (Å²) in [5.74, 6) is 7.90. The molecule has 368 valence electrons. The Labute approximate surface area is 450 Å². The Balaban J connectivity index is 0.000000147. The summed E-state index contributed by atoms with van der Waals surface area (Å²) in [5, 5.41) is 5.78. The molecule has 0 aliphatic heterocycles. The molecule has 10 aliphatic carbocycles. The van der Waals surface area contributed by atoms with Crippen LogP contribution in [0.5, 0.6) is 0 Å². The molecule has 0 amide bonds. The third-order valence-electron chi connectivity index (χ3n) is 19.8. The van der Waals surface area contributed by atoms with Crippen LogP contribution in [0.15, 0.2) is 109 Å². The van der Waals surface area contributed by atoms with Gasteiger partial charge in [0.2, 0.25) is 0 Å².